The average Bonchev–Trinajstić information content (AvgIpc) is 3.30. The number of nitrogens with zero attached hydrogens (tertiary/aromatic N) is 3. The van der Waals surface area contributed by atoms with Gasteiger partial charge in [-0.25, -0.2) is 10.2 Å². The first-order valence-corrected chi connectivity index (χ1v) is 10.6. The van der Waals surface area contributed by atoms with Crippen LogP contribution < -0.4 is 10.2 Å². The lowest BCUT2D eigenvalue weighted by molar-refractivity contribution is -0.129. The molecule has 3 rings (SSSR count). The Morgan fingerprint density at radius 2 is 1.91 bits per heavy atom. The number of methoxy groups -OCH3 is 1. The normalized spacial score (nSPS) is 12.3. The molecule has 1 heterocycles. The van der Waals surface area contributed by atoms with E-state index in [1.807, 2.05) is 53.3 Å². The van der Waals surface area contributed by atoms with Crippen molar-refractivity contribution in [2.24, 2.45) is 0 Å². The molecule has 32 heavy (non-hydrogen) atoms. The highest BCUT2D eigenvalue weighted by Gasteiger charge is 2.09. The number of allylic oxidation sites excluding steroid dienone is 1. The van der Waals surface area contributed by atoms with Crippen molar-refractivity contribution in [3.63, 3.8) is 0 Å². The zero-order chi connectivity index (χ0) is 22.6. The summed E-state index contributed by atoms with van der Waals surface area (Å²) in [5.41, 5.74) is 5.06. The third-order valence-corrected chi connectivity index (χ3v) is 4.74. The molecule has 1 atom stereocenters. The second kappa shape index (κ2) is 12.2. The minimum atomic E-state index is -0.373. The van der Waals surface area contributed by atoms with Crippen LogP contribution in [0.15, 0.2) is 72.9 Å². The molecule has 0 radical (unpaired) electrons. The Kier molecular flexibility index (Phi) is 8.77. The van der Waals surface area contributed by atoms with Crippen LogP contribution >= 0.6 is 0 Å². The number of aromatic nitrogens is 3. The first-order chi connectivity index (χ1) is 15.7. The average molecular weight is 433 g/mol. The predicted molar refractivity (Wildman–Crippen MR) is 124 cm³/mol. The zero-order valence-electron chi connectivity index (χ0n) is 18.3. The summed E-state index contributed by atoms with van der Waals surface area (Å²) < 4.78 is 6.93. The molecule has 0 saturated carbocycles. The van der Waals surface area contributed by atoms with Crippen molar-refractivity contribution < 1.29 is 14.4 Å². The second-order valence-electron chi connectivity index (χ2n) is 7.19. The van der Waals surface area contributed by atoms with E-state index >= 15 is 0 Å². The van der Waals surface area contributed by atoms with Crippen LogP contribution in [0, 0.1) is 0 Å². The number of hydroxylamine groups is 1. The number of carbonyl (C=O) groups excluding carboxylic acids is 1. The van der Waals surface area contributed by atoms with Gasteiger partial charge in [0.25, 0.3) is 5.91 Å². The number of benzene rings is 2. The highest BCUT2D eigenvalue weighted by molar-refractivity contribution is 5.90. The summed E-state index contributed by atoms with van der Waals surface area (Å²) >= 11 is 0. The summed E-state index contributed by atoms with van der Waals surface area (Å²) in [4.78, 5) is 17.3. The maximum Gasteiger partial charge on any atom is 0.267 e. The van der Waals surface area contributed by atoms with Gasteiger partial charge in [-0.05, 0) is 35.8 Å². The monoisotopic (exact) mass is 432 g/mol. The summed E-state index contributed by atoms with van der Waals surface area (Å²) in [6.07, 6.45) is 11.0. The summed E-state index contributed by atoms with van der Waals surface area (Å²) in [5.74, 6) is 0.396. The molecule has 1 aromatic heterocycles. The Bertz CT molecular complexity index is 1030. The molecule has 2 aromatic carbocycles. The van der Waals surface area contributed by atoms with E-state index in [4.69, 9.17) is 9.57 Å². The molecule has 0 aliphatic rings. The van der Waals surface area contributed by atoms with Crippen molar-refractivity contribution in [1.29, 1.82) is 0 Å². The van der Waals surface area contributed by atoms with E-state index < -0.39 is 0 Å². The van der Waals surface area contributed by atoms with Crippen molar-refractivity contribution in [2.45, 2.75) is 32.4 Å². The molecule has 0 fully saturated rings. The van der Waals surface area contributed by atoms with E-state index in [0.29, 0.717) is 5.69 Å². The summed E-state index contributed by atoms with van der Waals surface area (Å²) in [6, 6.07) is 17.7. The fourth-order valence-corrected chi connectivity index (χ4v) is 3.04. The molecule has 0 bridgehead atoms. The molecule has 0 saturated heterocycles. The zero-order valence-corrected chi connectivity index (χ0v) is 18.3. The lowest BCUT2D eigenvalue weighted by Crippen LogP contribution is -2.21. The Morgan fingerprint density at radius 3 is 2.62 bits per heavy atom. The molecule has 1 N–H and O–H groups in total. The van der Waals surface area contributed by atoms with Gasteiger partial charge in [-0.2, -0.15) is 0 Å². The van der Waals surface area contributed by atoms with Crippen LogP contribution in [0.5, 0.6) is 5.75 Å². The highest BCUT2D eigenvalue weighted by Crippen LogP contribution is 2.17. The number of carbonyl (C=O) groups is 1. The van der Waals surface area contributed by atoms with Gasteiger partial charge in [0.1, 0.15) is 11.4 Å². The molecular formula is C25H28N4O3. The van der Waals surface area contributed by atoms with Crippen molar-refractivity contribution in [3.8, 4) is 5.75 Å². The standard InChI is InChI=1S/C25H28N4O3/c1-3-7-23(14-10-20-8-5-4-6-9-20)29-18-22(26-28-29)13-17-25(30)27-32-19-21-11-15-24(31-2)16-12-21/h4-6,8-18,23H,3,7,19H2,1-2H3,(H,27,30)/b14-10+,17-13+. The van der Waals surface area contributed by atoms with Gasteiger partial charge in [-0.1, -0.05) is 73.2 Å². The van der Waals surface area contributed by atoms with Crippen LogP contribution in [0.1, 0.15) is 42.6 Å². The third-order valence-electron chi connectivity index (χ3n) is 4.74. The van der Waals surface area contributed by atoms with Crippen LogP contribution in [0.2, 0.25) is 0 Å². The quantitative estimate of drug-likeness (QED) is 0.354. The van der Waals surface area contributed by atoms with Gasteiger partial charge in [0, 0.05) is 6.08 Å². The molecule has 0 aliphatic heterocycles. The van der Waals surface area contributed by atoms with Crippen LogP contribution in [-0.2, 0) is 16.2 Å². The smallest absolute Gasteiger partial charge is 0.267 e. The van der Waals surface area contributed by atoms with E-state index in [2.05, 4.69) is 47.0 Å². The molecule has 166 valence electrons. The summed E-state index contributed by atoms with van der Waals surface area (Å²) in [6.45, 7) is 2.39. The molecular weight excluding hydrogens is 404 g/mol. The number of amides is 1. The van der Waals surface area contributed by atoms with Crippen LogP contribution in [0.3, 0.4) is 0 Å². The topological polar surface area (TPSA) is 78.3 Å². The Morgan fingerprint density at radius 1 is 1.12 bits per heavy atom. The Hall–Kier alpha value is -3.71. The number of rotatable bonds is 11. The molecule has 3 aromatic rings. The fourth-order valence-electron chi connectivity index (χ4n) is 3.04. The summed E-state index contributed by atoms with van der Waals surface area (Å²) in [5, 5.41) is 8.38. The summed E-state index contributed by atoms with van der Waals surface area (Å²) in [7, 11) is 1.61. The van der Waals surface area contributed by atoms with Gasteiger partial charge in [0.05, 0.1) is 26.0 Å². The first kappa shape index (κ1) is 23.0. The highest BCUT2D eigenvalue weighted by atomic mass is 16.6. The van der Waals surface area contributed by atoms with Gasteiger partial charge >= 0.3 is 0 Å². The minimum Gasteiger partial charge on any atom is -0.497 e. The SMILES string of the molecule is CCCC(/C=C/c1ccccc1)n1cc(/C=C/C(=O)NOCc2ccc(OC)cc2)nn1. The van der Waals surface area contributed by atoms with Gasteiger partial charge in [0.15, 0.2) is 0 Å². The number of hydrogen-bond donors (Lipinski definition) is 1. The van der Waals surface area contributed by atoms with Gasteiger partial charge in [-0.3, -0.25) is 9.63 Å². The Labute approximate surface area is 188 Å². The fraction of sp³-hybridized carbons (Fsp3) is 0.240. The van der Waals surface area contributed by atoms with E-state index in [9.17, 15) is 4.79 Å². The molecule has 1 unspecified atom stereocenters. The van der Waals surface area contributed by atoms with Crippen molar-refractivity contribution in [2.75, 3.05) is 7.11 Å². The third kappa shape index (κ3) is 7.21. The maximum absolute atomic E-state index is 12.0. The van der Waals surface area contributed by atoms with Gasteiger partial charge < -0.3 is 4.74 Å². The largest absolute Gasteiger partial charge is 0.497 e. The maximum atomic E-state index is 12.0. The predicted octanol–water partition coefficient (Wildman–Crippen LogP) is 4.60. The van der Waals surface area contributed by atoms with Crippen molar-refractivity contribution in [3.05, 3.63) is 89.8 Å². The molecule has 0 spiro atoms. The van der Waals surface area contributed by atoms with Crippen LogP contribution in [0.25, 0.3) is 12.2 Å². The molecule has 0 aliphatic carbocycles. The lowest BCUT2D eigenvalue weighted by Gasteiger charge is -2.11. The molecule has 7 nitrogen and oxygen atoms in total. The van der Waals surface area contributed by atoms with Crippen molar-refractivity contribution >= 4 is 18.1 Å². The second-order valence-corrected chi connectivity index (χ2v) is 7.19. The van der Waals surface area contributed by atoms with E-state index in [1.54, 1.807) is 13.2 Å². The first-order valence-electron chi connectivity index (χ1n) is 10.6. The number of hydrogen-bond acceptors (Lipinski definition) is 5. The lowest BCUT2D eigenvalue weighted by atomic mass is 10.1. The van der Waals surface area contributed by atoms with E-state index in [1.165, 1.54) is 6.08 Å². The number of nitrogens with one attached hydrogen (secondary N) is 1. The van der Waals surface area contributed by atoms with E-state index in [-0.39, 0.29) is 18.6 Å². The minimum absolute atomic E-state index is 0.0940. The molecule has 7 heteroatoms. The Balaban J connectivity index is 1.51. The number of ether oxygens (including phenoxy) is 1. The van der Waals surface area contributed by atoms with Crippen molar-refractivity contribution in [1.82, 2.24) is 20.5 Å². The van der Waals surface area contributed by atoms with Gasteiger partial charge in [-0.15, -0.1) is 5.10 Å². The molecule has 1 amide bonds. The van der Waals surface area contributed by atoms with E-state index in [0.717, 1.165) is 29.7 Å². The van der Waals surface area contributed by atoms with Gasteiger partial charge in [0.2, 0.25) is 0 Å². The van der Waals surface area contributed by atoms with Crippen LogP contribution in [-0.4, -0.2) is 28.0 Å². The van der Waals surface area contributed by atoms with Crippen LogP contribution in [0.4, 0.5) is 0 Å².